The highest BCUT2D eigenvalue weighted by atomic mass is 35.5. The van der Waals surface area contributed by atoms with Crippen LogP contribution < -0.4 is 5.32 Å². The van der Waals surface area contributed by atoms with Crippen LogP contribution in [0.25, 0.3) is 0 Å². The van der Waals surface area contributed by atoms with Crippen LogP contribution in [0.4, 0.5) is 0 Å². The van der Waals surface area contributed by atoms with Crippen molar-refractivity contribution >= 4 is 23.2 Å². The van der Waals surface area contributed by atoms with E-state index in [1.165, 1.54) is 31.2 Å². The van der Waals surface area contributed by atoms with Crippen molar-refractivity contribution in [2.75, 3.05) is 6.54 Å². The van der Waals surface area contributed by atoms with Crippen molar-refractivity contribution in [1.29, 1.82) is 0 Å². The van der Waals surface area contributed by atoms with E-state index in [2.05, 4.69) is 12.2 Å². The molecule has 2 rings (SSSR count). The minimum Gasteiger partial charge on any atom is -0.314 e. The first-order chi connectivity index (χ1) is 8.69. The lowest BCUT2D eigenvalue weighted by atomic mass is 9.95. The van der Waals surface area contributed by atoms with Crippen molar-refractivity contribution in [1.82, 2.24) is 5.32 Å². The van der Waals surface area contributed by atoms with Crippen LogP contribution in [-0.4, -0.2) is 12.6 Å². The molecule has 3 heteroatoms. The molecule has 0 aliphatic heterocycles. The summed E-state index contributed by atoms with van der Waals surface area (Å²) in [6.45, 7) is 3.34. The third-order valence-electron chi connectivity index (χ3n) is 3.49. The van der Waals surface area contributed by atoms with E-state index in [0.717, 1.165) is 29.1 Å². The quantitative estimate of drug-likeness (QED) is 0.765. The lowest BCUT2D eigenvalue weighted by Gasteiger charge is -2.18. The summed E-state index contributed by atoms with van der Waals surface area (Å²) in [5.41, 5.74) is 1.18. The Morgan fingerprint density at radius 1 is 1.33 bits per heavy atom. The Bertz CT molecular complexity index is 388. The minimum atomic E-state index is 0.659. The molecule has 0 spiro atoms. The lowest BCUT2D eigenvalue weighted by Crippen LogP contribution is -2.26. The molecule has 1 fully saturated rings. The molecule has 0 aromatic heterocycles. The average Bonchev–Trinajstić information content (AvgIpc) is 3.15. The molecule has 0 saturated heterocycles. The van der Waals surface area contributed by atoms with Gasteiger partial charge in [-0.1, -0.05) is 36.5 Å². The standard InChI is InChI=1S/C15H21Cl2N/c1-2-3-11(10-18-14-5-6-14)8-12-9-13(16)4-7-15(12)17/h4,7,9,11,14,18H,2-3,5-6,8,10H2,1H3. The Labute approximate surface area is 120 Å². The molecule has 100 valence electrons. The zero-order valence-electron chi connectivity index (χ0n) is 10.9. The molecule has 0 radical (unpaired) electrons. The number of nitrogens with one attached hydrogen (secondary N) is 1. The number of benzene rings is 1. The van der Waals surface area contributed by atoms with Crippen LogP contribution in [0.5, 0.6) is 0 Å². The van der Waals surface area contributed by atoms with Crippen molar-refractivity contribution in [3.63, 3.8) is 0 Å². The first kappa shape index (κ1) is 14.2. The van der Waals surface area contributed by atoms with E-state index in [4.69, 9.17) is 23.2 Å². The van der Waals surface area contributed by atoms with Gasteiger partial charge in [0.2, 0.25) is 0 Å². The molecule has 0 heterocycles. The zero-order valence-corrected chi connectivity index (χ0v) is 12.4. The molecule has 0 bridgehead atoms. The molecule has 1 nitrogen and oxygen atoms in total. The Balaban J connectivity index is 1.94. The highest BCUT2D eigenvalue weighted by Crippen LogP contribution is 2.25. The lowest BCUT2D eigenvalue weighted by molar-refractivity contribution is 0.437. The third-order valence-corrected chi connectivity index (χ3v) is 4.09. The summed E-state index contributed by atoms with van der Waals surface area (Å²) in [5.74, 6) is 0.659. The Kier molecular flexibility index (Phi) is 5.35. The Morgan fingerprint density at radius 2 is 2.11 bits per heavy atom. The van der Waals surface area contributed by atoms with E-state index in [0.29, 0.717) is 5.92 Å². The largest absolute Gasteiger partial charge is 0.314 e. The van der Waals surface area contributed by atoms with Crippen molar-refractivity contribution in [2.45, 2.75) is 45.1 Å². The molecular weight excluding hydrogens is 265 g/mol. The fourth-order valence-electron chi connectivity index (χ4n) is 2.32. The van der Waals surface area contributed by atoms with Gasteiger partial charge in [-0.3, -0.25) is 0 Å². The van der Waals surface area contributed by atoms with E-state index in [1.807, 2.05) is 18.2 Å². The summed E-state index contributed by atoms with van der Waals surface area (Å²) < 4.78 is 0. The van der Waals surface area contributed by atoms with Gasteiger partial charge in [-0.2, -0.15) is 0 Å². The van der Waals surface area contributed by atoms with Gasteiger partial charge < -0.3 is 5.32 Å². The zero-order chi connectivity index (χ0) is 13.0. The smallest absolute Gasteiger partial charge is 0.0439 e. The second-order valence-electron chi connectivity index (χ2n) is 5.28. The summed E-state index contributed by atoms with van der Waals surface area (Å²) in [4.78, 5) is 0. The molecule has 1 saturated carbocycles. The minimum absolute atomic E-state index is 0.659. The van der Waals surface area contributed by atoms with Crippen LogP contribution in [-0.2, 0) is 6.42 Å². The summed E-state index contributed by atoms with van der Waals surface area (Å²) in [6.07, 6.45) is 6.16. The first-order valence-corrected chi connectivity index (χ1v) is 7.62. The second-order valence-corrected chi connectivity index (χ2v) is 6.12. The van der Waals surface area contributed by atoms with Gasteiger partial charge in [0.15, 0.2) is 0 Å². The molecule has 1 atom stereocenters. The fraction of sp³-hybridized carbons (Fsp3) is 0.600. The molecule has 1 aromatic rings. The molecule has 1 aliphatic rings. The predicted octanol–water partition coefficient (Wildman–Crippen LogP) is 4.70. The van der Waals surface area contributed by atoms with Crippen LogP contribution in [0.2, 0.25) is 10.0 Å². The van der Waals surface area contributed by atoms with Gasteiger partial charge in [0.1, 0.15) is 0 Å². The Hall–Kier alpha value is -0.240. The maximum absolute atomic E-state index is 6.24. The number of hydrogen-bond acceptors (Lipinski definition) is 1. The van der Waals surface area contributed by atoms with E-state index in [1.54, 1.807) is 0 Å². The van der Waals surface area contributed by atoms with Crippen LogP contribution in [0.15, 0.2) is 18.2 Å². The van der Waals surface area contributed by atoms with Gasteiger partial charge in [-0.05, 0) is 61.9 Å². The first-order valence-electron chi connectivity index (χ1n) is 6.86. The van der Waals surface area contributed by atoms with Crippen LogP contribution in [0, 0.1) is 5.92 Å². The second kappa shape index (κ2) is 6.79. The normalized spacial score (nSPS) is 16.8. The van der Waals surface area contributed by atoms with E-state index in [9.17, 15) is 0 Å². The average molecular weight is 286 g/mol. The van der Waals surface area contributed by atoms with Crippen molar-refractivity contribution in [2.24, 2.45) is 5.92 Å². The number of halogens is 2. The highest BCUT2D eigenvalue weighted by Gasteiger charge is 2.22. The topological polar surface area (TPSA) is 12.0 Å². The number of hydrogen-bond donors (Lipinski definition) is 1. The maximum Gasteiger partial charge on any atom is 0.0439 e. The number of rotatable bonds is 7. The van der Waals surface area contributed by atoms with Gasteiger partial charge in [-0.15, -0.1) is 0 Å². The molecule has 1 aliphatic carbocycles. The molecular formula is C15H21Cl2N. The molecule has 1 aromatic carbocycles. The van der Waals surface area contributed by atoms with Crippen LogP contribution >= 0.6 is 23.2 Å². The summed E-state index contributed by atoms with van der Waals surface area (Å²) in [6, 6.07) is 6.53. The van der Waals surface area contributed by atoms with Gasteiger partial charge in [-0.25, -0.2) is 0 Å². The van der Waals surface area contributed by atoms with Gasteiger partial charge in [0, 0.05) is 16.1 Å². The Morgan fingerprint density at radius 3 is 2.78 bits per heavy atom. The predicted molar refractivity (Wildman–Crippen MR) is 79.6 cm³/mol. The fourth-order valence-corrected chi connectivity index (χ4v) is 2.71. The third kappa shape index (κ3) is 4.46. The van der Waals surface area contributed by atoms with E-state index in [-0.39, 0.29) is 0 Å². The van der Waals surface area contributed by atoms with E-state index < -0.39 is 0 Å². The van der Waals surface area contributed by atoms with Crippen molar-refractivity contribution in [3.05, 3.63) is 33.8 Å². The molecule has 18 heavy (non-hydrogen) atoms. The van der Waals surface area contributed by atoms with Gasteiger partial charge in [0.25, 0.3) is 0 Å². The van der Waals surface area contributed by atoms with E-state index >= 15 is 0 Å². The highest BCUT2D eigenvalue weighted by molar-refractivity contribution is 6.33. The van der Waals surface area contributed by atoms with Crippen LogP contribution in [0.3, 0.4) is 0 Å². The SMILES string of the molecule is CCCC(CNC1CC1)Cc1cc(Cl)ccc1Cl. The summed E-state index contributed by atoms with van der Waals surface area (Å²) in [7, 11) is 0. The molecule has 1 unspecified atom stereocenters. The monoisotopic (exact) mass is 285 g/mol. The molecule has 1 N–H and O–H groups in total. The summed E-state index contributed by atoms with van der Waals surface area (Å²) >= 11 is 12.3. The molecule has 0 amide bonds. The van der Waals surface area contributed by atoms with Crippen molar-refractivity contribution in [3.8, 4) is 0 Å². The van der Waals surface area contributed by atoms with Gasteiger partial charge >= 0.3 is 0 Å². The van der Waals surface area contributed by atoms with Crippen molar-refractivity contribution < 1.29 is 0 Å². The van der Waals surface area contributed by atoms with Crippen LogP contribution in [0.1, 0.15) is 38.2 Å². The summed E-state index contributed by atoms with van der Waals surface area (Å²) in [5, 5.41) is 5.24. The maximum atomic E-state index is 6.24. The van der Waals surface area contributed by atoms with Gasteiger partial charge in [0.05, 0.1) is 0 Å².